The van der Waals surface area contributed by atoms with E-state index in [1.807, 2.05) is 18.2 Å². The number of piperazine rings is 1. The molecule has 1 aliphatic rings. The Bertz CT molecular complexity index is 738. The summed E-state index contributed by atoms with van der Waals surface area (Å²) < 4.78 is 26.9. The summed E-state index contributed by atoms with van der Waals surface area (Å²) in [5.74, 6) is 0. The number of thiophene rings is 1. The number of sulfonamides is 1. The molecular weight excluding hydrogens is 364 g/mol. The van der Waals surface area contributed by atoms with Crippen molar-refractivity contribution in [3.05, 3.63) is 59.5 Å². The van der Waals surface area contributed by atoms with E-state index < -0.39 is 10.0 Å². The van der Waals surface area contributed by atoms with Crippen LogP contribution in [0.1, 0.15) is 5.56 Å². The Labute approximate surface area is 153 Å². The molecule has 3 rings (SSSR count). The molecule has 1 aromatic carbocycles. The van der Waals surface area contributed by atoms with E-state index >= 15 is 0 Å². The van der Waals surface area contributed by atoms with Gasteiger partial charge in [-0.2, -0.15) is 4.31 Å². The van der Waals surface area contributed by atoms with Crippen LogP contribution in [-0.4, -0.2) is 50.3 Å². The van der Waals surface area contributed by atoms with Crippen molar-refractivity contribution in [3.63, 3.8) is 0 Å². The third-order valence-corrected chi connectivity index (χ3v) is 7.17. The number of nitrogens with zero attached hydrogens (tertiary/aromatic N) is 2. The fourth-order valence-electron chi connectivity index (χ4n) is 2.59. The summed E-state index contributed by atoms with van der Waals surface area (Å²) in [7, 11) is -3.30. The Morgan fingerprint density at radius 3 is 2.33 bits per heavy atom. The van der Waals surface area contributed by atoms with Crippen molar-refractivity contribution in [2.45, 2.75) is 4.21 Å². The first-order chi connectivity index (χ1) is 11.2. The highest BCUT2D eigenvalue weighted by Crippen LogP contribution is 2.21. The average molecular weight is 385 g/mol. The summed E-state index contributed by atoms with van der Waals surface area (Å²) in [5, 5.41) is 1.80. The smallest absolute Gasteiger partial charge is 0.252 e. The Balaban J connectivity index is 0.00000208. The van der Waals surface area contributed by atoms with Crippen molar-refractivity contribution in [1.82, 2.24) is 9.21 Å². The van der Waals surface area contributed by atoms with E-state index in [0.29, 0.717) is 17.3 Å². The molecule has 7 heteroatoms. The van der Waals surface area contributed by atoms with Gasteiger partial charge in [0.15, 0.2) is 0 Å². The maximum Gasteiger partial charge on any atom is 0.252 e. The molecule has 0 saturated carbocycles. The first-order valence-corrected chi connectivity index (χ1v) is 9.96. The third-order valence-electron chi connectivity index (χ3n) is 3.89. The predicted molar refractivity (Wildman–Crippen MR) is 102 cm³/mol. The zero-order valence-corrected chi connectivity index (χ0v) is 15.7. The molecule has 0 radical (unpaired) electrons. The molecular formula is C17H21ClN2O2S2. The zero-order valence-electron chi connectivity index (χ0n) is 13.2. The zero-order chi connectivity index (χ0) is 16.1. The topological polar surface area (TPSA) is 40.6 Å². The lowest BCUT2D eigenvalue weighted by Crippen LogP contribution is -2.48. The van der Waals surface area contributed by atoms with Gasteiger partial charge in [-0.15, -0.1) is 23.7 Å². The van der Waals surface area contributed by atoms with Gasteiger partial charge in [-0.3, -0.25) is 4.90 Å². The normalized spacial score (nSPS) is 17.0. The van der Waals surface area contributed by atoms with Gasteiger partial charge >= 0.3 is 0 Å². The summed E-state index contributed by atoms with van der Waals surface area (Å²) in [4.78, 5) is 2.28. The van der Waals surface area contributed by atoms with Crippen LogP contribution < -0.4 is 0 Å². The summed E-state index contributed by atoms with van der Waals surface area (Å²) in [6.07, 6.45) is 4.24. The van der Waals surface area contributed by atoms with E-state index in [0.717, 1.165) is 19.6 Å². The van der Waals surface area contributed by atoms with Crippen molar-refractivity contribution in [3.8, 4) is 0 Å². The molecule has 1 saturated heterocycles. The minimum absolute atomic E-state index is 0. The van der Waals surface area contributed by atoms with Gasteiger partial charge in [0.2, 0.25) is 0 Å². The third kappa shape index (κ3) is 4.68. The highest BCUT2D eigenvalue weighted by Gasteiger charge is 2.28. The molecule has 1 aromatic heterocycles. The fourth-order valence-corrected chi connectivity index (χ4v) is 5.16. The Morgan fingerprint density at radius 2 is 1.71 bits per heavy atom. The molecule has 0 bridgehead atoms. The predicted octanol–water partition coefficient (Wildman–Crippen LogP) is 3.19. The monoisotopic (exact) mass is 384 g/mol. The lowest BCUT2D eigenvalue weighted by Gasteiger charge is -2.33. The summed E-state index contributed by atoms with van der Waals surface area (Å²) >= 11 is 1.28. The SMILES string of the molecule is Cl.O=S(=O)(c1cccs1)N1CCN(C/C=C/c2ccccc2)CC1. The number of hydrogen-bond acceptors (Lipinski definition) is 4. The first kappa shape index (κ1) is 19.1. The molecule has 0 unspecified atom stereocenters. The van der Waals surface area contributed by atoms with Gasteiger partial charge in [0.1, 0.15) is 4.21 Å². The highest BCUT2D eigenvalue weighted by atomic mass is 35.5. The quantitative estimate of drug-likeness (QED) is 0.794. The second-order valence-electron chi connectivity index (χ2n) is 5.45. The van der Waals surface area contributed by atoms with Gasteiger partial charge in [-0.25, -0.2) is 8.42 Å². The van der Waals surface area contributed by atoms with E-state index in [2.05, 4.69) is 29.2 Å². The second kappa shape index (κ2) is 8.78. The Morgan fingerprint density at radius 1 is 1.00 bits per heavy atom. The lowest BCUT2D eigenvalue weighted by atomic mass is 10.2. The number of halogens is 1. The van der Waals surface area contributed by atoms with Gasteiger partial charge in [-0.05, 0) is 17.0 Å². The van der Waals surface area contributed by atoms with Crippen LogP contribution in [0.3, 0.4) is 0 Å². The molecule has 24 heavy (non-hydrogen) atoms. The number of rotatable bonds is 5. The number of hydrogen-bond donors (Lipinski definition) is 0. The Kier molecular flexibility index (Phi) is 7.01. The molecule has 0 amide bonds. The van der Waals surface area contributed by atoms with Crippen LogP contribution in [0.2, 0.25) is 0 Å². The molecule has 0 aliphatic carbocycles. The first-order valence-electron chi connectivity index (χ1n) is 7.64. The lowest BCUT2D eigenvalue weighted by molar-refractivity contribution is 0.205. The molecule has 4 nitrogen and oxygen atoms in total. The standard InChI is InChI=1S/C17H20N2O2S2.ClH/c20-23(21,17-9-5-15-22-17)19-13-11-18(12-14-19)10-4-8-16-6-2-1-3-7-16;/h1-9,15H,10-14H2;1H/b8-4+;. The van der Waals surface area contributed by atoms with E-state index in [1.165, 1.54) is 16.9 Å². The highest BCUT2D eigenvalue weighted by molar-refractivity contribution is 7.91. The second-order valence-corrected chi connectivity index (χ2v) is 8.56. The summed E-state index contributed by atoms with van der Waals surface area (Å²) in [6, 6.07) is 13.6. The van der Waals surface area contributed by atoms with Gasteiger partial charge in [0.05, 0.1) is 0 Å². The van der Waals surface area contributed by atoms with Crippen LogP contribution in [-0.2, 0) is 10.0 Å². The van der Waals surface area contributed by atoms with Crippen molar-refractivity contribution >= 4 is 39.8 Å². The van der Waals surface area contributed by atoms with Gasteiger partial charge < -0.3 is 0 Å². The van der Waals surface area contributed by atoms with Crippen LogP contribution in [0, 0.1) is 0 Å². The molecule has 1 aliphatic heterocycles. The Hall–Kier alpha value is -1.18. The largest absolute Gasteiger partial charge is 0.297 e. The minimum atomic E-state index is -3.30. The summed E-state index contributed by atoms with van der Waals surface area (Å²) in [6.45, 7) is 3.49. The van der Waals surface area contributed by atoms with Crippen molar-refractivity contribution in [1.29, 1.82) is 0 Å². The molecule has 2 heterocycles. The van der Waals surface area contributed by atoms with Crippen LogP contribution in [0.15, 0.2) is 58.1 Å². The molecule has 0 N–H and O–H groups in total. The van der Waals surface area contributed by atoms with E-state index in [9.17, 15) is 8.42 Å². The van der Waals surface area contributed by atoms with Crippen molar-refractivity contribution in [2.24, 2.45) is 0 Å². The molecule has 0 spiro atoms. The van der Waals surface area contributed by atoms with E-state index in [4.69, 9.17) is 0 Å². The van der Waals surface area contributed by atoms with Gasteiger partial charge in [0, 0.05) is 32.7 Å². The van der Waals surface area contributed by atoms with Gasteiger partial charge in [-0.1, -0.05) is 48.6 Å². The molecule has 1 fully saturated rings. The molecule has 130 valence electrons. The molecule has 0 atom stereocenters. The van der Waals surface area contributed by atoms with Crippen LogP contribution in [0.4, 0.5) is 0 Å². The van der Waals surface area contributed by atoms with Crippen LogP contribution >= 0.6 is 23.7 Å². The van der Waals surface area contributed by atoms with E-state index in [-0.39, 0.29) is 12.4 Å². The van der Waals surface area contributed by atoms with E-state index in [1.54, 1.807) is 21.8 Å². The van der Waals surface area contributed by atoms with Crippen molar-refractivity contribution < 1.29 is 8.42 Å². The maximum atomic E-state index is 12.5. The summed E-state index contributed by atoms with van der Waals surface area (Å²) in [5.41, 5.74) is 1.19. The minimum Gasteiger partial charge on any atom is -0.297 e. The fraction of sp³-hybridized carbons (Fsp3) is 0.294. The average Bonchev–Trinajstić information content (AvgIpc) is 3.12. The van der Waals surface area contributed by atoms with Gasteiger partial charge in [0.25, 0.3) is 10.0 Å². The van der Waals surface area contributed by atoms with Crippen molar-refractivity contribution in [2.75, 3.05) is 32.7 Å². The molecule has 2 aromatic rings. The van der Waals surface area contributed by atoms with Crippen LogP contribution in [0.25, 0.3) is 6.08 Å². The maximum absolute atomic E-state index is 12.5. The number of benzene rings is 1. The van der Waals surface area contributed by atoms with Crippen LogP contribution in [0.5, 0.6) is 0 Å².